The van der Waals surface area contributed by atoms with Gasteiger partial charge in [0, 0.05) is 17.3 Å². The molecule has 0 saturated heterocycles. The van der Waals surface area contributed by atoms with Gasteiger partial charge in [0.2, 0.25) is 5.91 Å². The van der Waals surface area contributed by atoms with E-state index in [0.29, 0.717) is 11.4 Å². The van der Waals surface area contributed by atoms with E-state index in [1.807, 2.05) is 73.7 Å². The first kappa shape index (κ1) is 19.7. The third kappa shape index (κ3) is 5.06. The SMILES string of the molecule is Cc1ccc(NC(=O)COc2ccc(-c3ccccc3)cc2)cc1NC(=O)C1CC1. The number of hydrogen-bond donors (Lipinski definition) is 2. The molecule has 1 aliphatic rings. The molecular formula is C25H24N2O3. The van der Waals surface area contributed by atoms with Crippen LogP contribution in [0.15, 0.2) is 72.8 Å². The van der Waals surface area contributed by atoms with Crippen LogP contribution in [0.4, 0.5) is 11.4 Å². The summed E-state index contributed by atoms with van der Waals surface area (Å²) in [6.07, 6.45) is 1.90. The number of anilines is 2. The summed E-state index contributed by atoms with van der Waals surface area (Å²) < 4.78 is 5.61. The van der Waals surface area contributed by atoms with Gasteiger partial charge in [-0.3, -0.25) is 9.59 Å². The molecule has 0 spiro atoms. The van der Waals surface area contributed by atoms with Crippen molar-refractivity contribution in [2.45, 2.75) is 19.8 Å². The molecule has 4 rings (SSSR count). The Kier molecular flexibility index (Phi) is 5.80. The largest absolute Gasteiger partial charge is 0.484 e. The smallest absolute Gasteiger partial charge is 0.262 e. The highest BCUT2D eigenvalue weighted by atomic mass is 16.5. The van der Waals surface area contributed by atoms with E-state index in [9.17, 15) is 9.59 Å². The highest BCUT2D eigenvalue weighted by Gasteiger charge is 2.29. The summed E-state index contributed by atoms with van der Waals surface area (Å²) in [7, 11) is 0. The van der Waals surface area contributed by atoms with Crippen molar-refractivity contribution in [3.05, 3.63) is 78.4 Å². The highest BCUT2D eigenvalue weighted by molar-refractivity contribution is 5.97. The Morgan fingerprint density at radius 1 is 0.900 bits per heavy atom. The van der Waals surface area contributed by atoms with Gasteiger partial charge in [-0.05, 0) is 60.7 Å². The maximum atomic E-state index is 12.3. The molecule has 1 aliphatic carbocycles. The second-order valence-corrected chi connectivity index (χ2v) is 7.52. The third-order valence-electron chi connectivity index (χ3n) is 5.06. The zero-order chi connectivity index (χ0) is 20.9. The van der Waals surface area contributed by atoms with Gasteiger partial charge >= 0.3 is 0 Å². The van der Waals surface area contributed by atoms with Gasteiger partial charge in [-0.25, -0.2) is 0 Å². The predicted octanol–water partition coefficient (Wildman–Crippen LogP) is 5.03. The summed E-state index contributed by atoms with van der Waals surface area (Å²) in [6.45, 7) is 1.83. The lowest BCUT2D eigenvalue weighted by Crippen LogP contribution is -2.20. The van der Waals surface area contributed by atoms with E-state index >= 15 is 0 Å². The first-order chi connectivity index (χ1) is 14.6. The predicted molar refractivity (Wildman–Crippen MR) is 119 cm³/mol. The number of carbonyl (C=O) groups excluding carboxylic acids is 2. The number of ether oxygens (including phenoxy) is 1. The number of rotatable bonds is 7. The summed E-state index contributed by atoms with van der Waals surface area (Å²) in [5, 5.41) is 5.76. The third-order valence-corrected chi connectivity index (χ3v) is 5.06. The fourth-order valence-electron chi connectivity index (χ4n) is 3.13. The minimum absolute atomic E-state index is 0.0452. The molecular weight excluding hydrogens is 376 g/mol. The van der Waals surface area contributed by atoms with Crippen LogP contribution >= 0.6 is 0 Å². The normalized spacial score (nSPS) is 12.8. The van der Waals surface area contributed by atoms with Crippen molar-refractivity contribution in [2.75, 3.05) is 17.2 Å². The minimum Gasteiger partial charge on any atom is -0.484 e. The monoisotopic (exact) mass is 400 g/mol. The van der Waals surface area contributed by atoms with Gasteiger partial charge in [-0.15, -0.1) is 0 Å². The van der Waals surface area contributed by atoms with Gasteiger partial charge in [0.25, 0.3) is 5.91 Å². The summed E-state index contributed by atoms with van der Waals surface area (Å²) in [5.41, 5.74) is 4.53. The number of benzene rings is 3. The molecule has 0 heterocycles. The average Bonchev–Trinajstić information content (AvgIpc) is 3.61. The Labute approximate surface area is 176 Å². The van der Waals surface area contributed by atoms with Crippen molar-refractivity contribution in [3.8, 4) is 16.9 Å². The van der Waals surface area contributed by atoms with Crippen molar-refractivity contribution in [1.82, 2.24) is 0 Å². The van der Waals surface area contributed by atoms with Crippen LogP contribution in [0.25, 0.3) is 11.1 Å². The zero-order valence-electron chi connectivity index (χ0n) is 16.9. The van der Waals surface area contributed by atoms with E-state index in [1.54, 1.807) is 6.07 Å². The molecule has 0 aromatic heterocycles. The molecule has 5 heteroatoms. The Balaban J connectivity index is 1.32. The highest BCUT2D eigenvalue weighted by Crippen LogP contribution is 2.31. The van der Waals surface area contributed by atoms with Gasteiger partial charge in [0.15, 0.2) is 6.61 Å². The standard InChI is InChI=1S/C25H24N2O3/c1-17-7-12-21(15-23(17)27-25(29)20-8-9-20)26-24(28)16-30-22-13-10-19(11-14-22)18-5-3-2-4-6-18/h2-7,10-15,20H,8-9,16H2,1H3,(H,26,28)(H,27,29). The van der Waals surface area contributed by atoms with Crippen LogP contribution in [0.1, 0.15) is 18.4 Å². The quantitative estimate of drug-likeness (QED) is 0.585. The average molecular weight is 400 g/mol. The fourth-order valence-corrected chi connectivity index (χ4v) is 3.13. The van der Waals surface area contributed by atoms with E-state index in [-0.39, 0.29) is 24.3 Å². The van der Waals surface area contributed by atoms with Crippen molar-refractivity contribution in [2.24, 2.45) is 5.92 Å². The van der Waals surface area contributed by atoms with Crippen LogP contribution in [0.5, 0.6) is 5.75 Å². The van der Waals surface area contributed by atoms with Gasteiger partial charge in [-0.2, -0.15) is 0 Å². The molecule has 3 aromatic rings. The molecule has 0 unspecified atom stereocenters. The van der Waals surface area contributed by atoms with E-state index in [2.05, 4.69) is 10.6 Å². The second kappa shape index (κ2) is 8.82. The van der Waals surface area contributed by atoms with Crippen LogP contribution in [0.2, 0.25) is 0 Å². The molecule has 5 nitrogen and oxygen atoms in total. The van der Waals surface area contributed by atoms with Gasteiger partial charge in [0.05, 0.1) is 0 Å². The van der Waals surface area contributed by atoms with Crippen molar-refractivity contribution in [1.29, 1.82) is 0 Å². The number of amides is 2. The van der Waals surface area contributed by atoms with Crippen LogP contribution < -0.4 is 15.4 Å². The molecule has 152 valence electrons. The Morgan fingerprint density at radius 3 is 2.30 bits per heavy atom. The van der Waals surface area contributed by atoms with E-state index in [0.717, 1.165) is 35.2 Å². The maximum absolute atomic E-state index is 12.3. The van der Waals surface area contributed by atoms with E-state index in [4.69, 9.17) is 4.74 Å². The molecule has 0 bridgehead atoms. The van der Waals surface area contributed by atoms with Gasteiger partial charge in [-0.1, -0.05) is 48.5 Å². The van der Waals surface area contributed by atoms with E-state index in [1.165, 1.54) is 0 Å². The van der Waals surface area contributed by atoms with Crippen molar-refractivity contribution < 1.29 is 14.3 Å². The summed E-state index contributed by atoms with van der Waals surface area (Å²) in [4.78, 5) is 24.3. The Hall–Kier alpha value is -3.60. The molecule has 30 heavy (non-hydrogen) atoms. The van der Waals surface area contributed by atoms with Crippen molar-refractivity contribution >= 4 is 23.2 Å². The number of aryl methyl sites for hydroxylation is 1. The number of hydrogen-bond acceptors (Lipinski definition) is 3. The lowest BCUT2D eigenvalue weighted by molar-refractivity contribution is -0.118. The second-order valence-electron chi connectivity index (χ2n) is 7.52. The minimum atomic E-state index is -0.259. The maximum Gasteiger partial charge on any atom is 0.262 e. The molecule has 2 amide bonds. The lowest BCUT2D eigenvalue weighted by Gasteiger charge is -2.12. The van der Waals surface area contributed by atoms with Crippen LogP contribution in [0.3, 0.4) is 0 Å². The molecule has 0 aliphatic heterocycles. The van der Waals surface area contributed by atoms with Crippen molar-refractivity contribution in [3.63, 3.8) is 0 Å². The van der Waals surface area contributed by atoms with Gasteiger partial charge < -0.3 is 15.4 Å². The summed E-state index contributed by atoms with van der Waals surface area (Å²) >= 11 is 0. The Morgan fingerprint density at radius 2 is 1.60 bits per heavy atom. The number of carbonyl (C=O) groups is 2. The molecule has 1 fully saturated rings. The van der Waals surface area contributed by atoms with Gasteiger partial charge in [0.1, 0.15) is 5.75 Å². The van der Waals surface area contributed by atoms with E-state index < -0.39 is 0 Å². The molecule has 2 N–H and O–H groups in total. The first-order valence-corrected chi connectivity index (χ1v) is 10.1. The molecule has 1 saturated carbocycles. The Bertz CT molecular complexity index is 1040. The topological polar surface area (TPSA) is 67.4 Å². The first-order valence-electron chi connectivity index (χ1n) is 10.1. The molecule has 3 aromatic carbocycles. The van der Waals surface area contributed by atoms with Crippen LogP contribution in [-0.4, -0.2) is 18.4 Å². The lowest BCUT2D eigenvalue weighted by atomic mass is 10.1. The van der Waals surface area contributed by atoms with Crippen LogP contribution in [0, 0.1) is 12.8 Å². The fraction of sp³-hybridized carbons (Fsp3) is 0.200. The number of nitrogens with one attached hydrogen (secondary N) is 2. The molecule has 0 radical (unpaired) electrons. The summed E-state index contributed by atoms with van der Waals surface area (Å²) in [6, 6.07) is 23.2. The zero-order valence-corrected chi connectivity index (χ0v) is 16.9. The van der Waals surface area contributed by atoms with Crippen LogP contribution in [-0.2, 0) is 9.59 Å². The molecule has 0 atom stereocenters. The summed E-state index contributed by atoms with van der Waals surface area (Å²) in [5.74, 6) is 0.546.